The highest BCUT2D eigenvalue weighted by Crippen LogP contribution is 2.51. The molecule has 2 nitrogen and oxygen atoms in total. The minimum absolute atomic E-state index is 0.114. The van der Waals surface area contributed by atoms with Gasteiger partial charge in [0.25, 0.3) is 0 Å². The zero-order chi connectivity index (χ0) is 36.7. The standard InChI is InChI=1S/C53H36N2/c1-53(2)48-31-37(25-26-43(48)47-29-35-15-3-4-16-36(35)30-49(47)53)40-27-28-45(42-22-10-9-21-41(40)42)51-32-50(44-23-11-17-33-13-5-7-19-38(33)44)54-52(55-51)46-24-12-18-34-14-6-8-20-39(34)46/h3-32H,1-2H3. The molecule has 258 valence electrons. The highest BCUT2D eigenvalue weighted by Gasteiger charge is 2.36. The van der Waals surface area contributed by atoms with E-state index < -0.39 is 0 Å². The van der Waals surface area contributed by atoms with Crippen molar-refractivity contribution in [2.75, 3.05) is 0 Å². The average molecular weight is 701 g/mol. The van der Waals surface area contributed by atoms with Gasteiger partial charge in [0.2, 0.25) is 0 Å². The third kappa shape index (κ3) is 4.95. The molecule has 1 aromatic heterocycles. The Balaban J connectivity index is 1.10. The first kappa shape index (κ1) is 31.6. The topological polar surface area (TPSA) is 25.8 Å². The predicted molar refractivity (Wildman–Crippen MR) is 231 cm³/mol. The molecule has 0 fully saturated rings. The van der Waals surface area contributed by atoms with E-state index in [0.29, 0.717) is 0 Å². The molecule has 55 heavy (non-hydrogen) atoms. The van der Waals surface area contributed by atoms with Gasteiger partial charge in [0.15, 0.2) is 5.82 Å². The molecule has 0 aliphatic heterocycles. The van der Waals surface area contributed by atoms with E-state index in [1.165, 1.54) is 71.1 Å². The summed E-state index contributed by atoms with van der Waals surface area (Å²) in [7, 11) is 0. The number of rotatable bonds is 4. The second-order valence-electron chi connectivity index (χ2n) is 15.4. The Kier molecular flexibility index (Phi) is 6.93. The van der Waals surface area contributed by atoms with Gasteiger partial charge in [-0.2, -0.15) is 0 Å². The summed E-state index contributed by atoms with van der Waals surface area (Å²) in [6.07, 6.45) is 0. The van der Waals surface area contributed by atoms with Crippen molar-refractivity contribution < 1.29 is 0 Å². The fourth-order valence-corrected chi connectivity index (χ4v) is 9.08. The van der Waals surface area contributed by atoms with Crippen molar-refractivity contribution in [1.82, 2.24) is 9.97 Å². The van der Waals surface area contributed by atoms with Gasteiger partial charge in [0.05, 0.1) is 11.4 Å². The van der Waals surface area contributed by atoms with Gasteiger partial charge in [-0.1, -0.05) is 172 Å². The van der Waals surface area contributed by atoms with Crippen LogP contribution in [0.4, 0.5) is 0 Å². The van der Waals surface area contributed by atoms with E-state index in [1.54, 1.807) is 0 Å². The molecule has 0 atom stereocenters. The van der Waals surface area contributed by atoms with Crippen molar-refractivity contribution in [3.05, 3.63) is 193 Å². The fraction of sp³-hybridized carbons (Fsp3) is 0.0566. The highest BCUT2D eigenvalue weighted by atomic mass is 14.9. The third-order valence-corrected chi connectivity index (χ3v) is 11.9. The molecule has 10 aromatic rings. The summed E-state index contributed by atoms with van der Waals surface area (Å²) in [5, 5.41) is 9.62. The van der Waals surface area contributed by atoms with Gasteiger partial charge in [0, 0.05) is 22.1 Å². The third-order valence-electron chi connectivity index (χ3n) is 11.9. The van der Waals surface area contributed by atoms with Crippen LogP contribution >= 0.6 is 0 Å². The number of nitrogens with zero attached hydrogens (tertiary/aromatic N) is 2. The van der Waals surface area contributed by atoms with E-state index in [1.807, 2.05) is 0 Å². The van der Waals surface area contributed by atoms with Crippen molar-refractivity contribution >= 4 is 43.1 Å². The van der Waals surface area contributed by atoms with Gasteiger partial charge in [-0.05, 0) is 101 Å². The molecule has 1 aliphatic carbocycles. The first-order chi connectivity index (χ1) is 27.0. The average Bonchev–Trinajstić information content (AvgIpc) is 3.46. The Morgan fingerprint density at radius 1 is 0.327 bits per heavy atom. The van der Waals surface area contributed by atoms with Crippen LogP contribution in [-0.2, 0) is 5.41 Å². The molecule has 9 aromatic carbocycles. The van der Waals surface area contributed by atoms with Crippen molar-refractivity contribution in [1.29, 1.82) is 0 Å². The van der Waals surface area contributed by atoms with E-state index in [9.17, 15) is 0 Å². The molecule has 0 unspecified atom stereocenters. The Hall–Kier alpha value is -6.90. The molecule has 0 saturated carbocycles. The first-order valence-corrected chi connectivity index (χ1v) is 19.1. The van der Waals surface area contributed by atoms with E-state index in [4.69, 9.17) is 9.97 Å². The van der Waals surface area contributed by atoms with Gasteiger partial charge in [-0.3, -0.25) is 0 Å². The van der Waals surface area contributed by atoms with Crippen LogP contribution in [0.15, 0.2) is 182 Å². The summed E-state index contributed by atoms with van der Waals surface area (Å²) < 4.78 is 0. The molecule has 0 saturated heterocycles. The predicted octanol–water partition coefficient (Wildman–Crippen LogP) is 14.1. The summed E-state index contributed by atoms with van der Waals surface area (Å²) in [4.78, 5) is 10.7. The van der Waals surface area contributed by atoms with Crippen LogP contribution in [0.5, 0.6) is 0 Å². The molecule has 0 spiro atoms. The SMILES string of the molecule is CC1(C)c2cc(-c3ccc(-c4cc(-c5cccc6ccccc56)nc(-c5cccc6ccccc56)n4)c4ccccc34)ccc2-c2cc3ccccc3cc21. The Morgan fingerprint density at radius 2 is 0.800 bits per heavy atom. The van der Waals surface area contributed by atoms with Crippen LogP contribution in [0.25, 0.3) is 99.2 Å². The molecule has 11 rings (SSSR count). The second kappa shape index (κ2) is 12.1. The van der Waals surface area contributed by atoms with Gasteiger partial charge in [-0.15, -0.1) is 0 Å². The van der Waals surface area contributed by atoms with Crippen LogP contribution in [-0.4, -0.2) is 9.97 Å². The molecule has 0 radical (unpaired) electrons. The van der Waals surface area contributed by atoms with E-state index in [0.717, 1.165) is 39.3 Å². The Morgan fingerprint density at radius 3 is 1.49 bits per heavy atom. The normalized spacial score (nSPS) is 13.1. The van der Waals surface area contributed by atoms with E-state index >= 15 is 0 Å². The maximum Gasteiger partial charge on any atom is 0.161 e. The number of hydrogen-bond donors (Lipinski definition) is 0. The van der Waals surface area contributed by atoms with E-state index in [2.05, 4.69) is 196 Å². The summed E-state index contributed by atoms with van der Waals surface area (Å²) in [6, 6.07) is 66.0. The molecular weight excluding hydrogens is 665 g/mol. The van der Waals surface area contributed by atoms with Crippen molar-refractivity contribution in [3.63, 3.8) is 0 Å². The van der Waals surface area contributed by atoms with Gasteiger partial charge in [0.1, 0.15) is 0 Å². The highest BCUT2D eigenvalue weighted by molar-refractivity contribution is 6.06. The largest absolute Gasteiger partial charge is 0.228 e. The van der Waals surface area contributed by atoms with E-state index in [-0.39, 0.29) is 5.41 Å². The van der Waals surface area contributed by atoms with Crippen LogP contribution in [0.3, 0.4) is 0 Å². The first-order valence-electron chi connectivity index (χ1n) is 19.1. The maximum absolute atomic E-state index is 5.38. The smallest absolute Gasteiger partial charge is 0.161 e. The lowest BCUT2D eigenvalue weighted by Gasteiger charge is -2.22. The van der Waals surface area contributed by atoms with Crippen molar-refractivity contribution in [2.45, 2.75) is 19.3 Å². The van der Waals surface area contributed by atoms with Gasteiger partial charge < -0.3 is 0 Å². The van der Waals surface area contributed by atoms with Crippen LogP contribution in [0.2, 0.25) is 0 Å². The number of aromatic nitrogens is 2. The number of hydrogen-bond acceptors (Lipinski definition) is 2. The molecule has 1 aliphatic rings. The molecule has 1 heterocycles. The summed E-state index contributed by atoms with van der Waals surface area (Å²) in [6.45, 7) is 4.74. The summed E-state index contributed by atoms with van der Waals surface area (Å²) in [5.74, 6) is 0.721. The van der Waals surface area contributed by atoms with Crippen LogP contribution in [0.1, 0.15) is 25.0 Å². The lowest BCUT2D eigenvalue weighted by atomic mass is 9.81. The molecular formula is C53H36N2. The van der Waals surface area contributed by atoms with Crippen LogP contribution < -0.4 is 0 Å². The molecule has 0 N–H and O–H groups in total. The molecule has 0 amide bonds. The molecule has 2 heteroatoms. The monoisotopic (exact) mass is 700 g/mol. The summed E-state index contributed by atoms with van der Waals surface area (Å²) in [5.41, 5.74) is 12.8. The Bertz CT molecular complexity index is 3080. The second-order valence-corrected chi connectivity index (χ2v) is 15.4. The zero-order valence-corrected chi connectivity index (χ0v) is 30.7. The Labute approximate surface area is 320 Å². The minimum Gasteiger partial charge on any atom is -0.228 e. The number of benzene rings is 9. The summed E-state index contributed by atoms with van der Waals surface area (Å²) >= 11 is 0. The quantitative estimate of drug-likeness (QED) is 0.183. The van der Waals surface area contributed by atoms with Crippen molar-refractivity contribution in [2.24, 2.45) is 0 Å². The fourth-order valence-electron chi connectivity index (χ4n) is 9.08. The van der Waals surface area contributed by atoms with Gasteiger partial charge >= 0.3 is 0 Å². The maximum atomic E-state index is 5.38. The molecule has 0 bridgehead atoms. The lowest BCUT2D eigenvalue weighted by molar-refractivity contribution is 0.661. The minimum atomic E-state index is -0.114. The van der Waals surface area contributed by atoms with Crippen molar-refractivity contribution in [3.8, 4) is 56.2 Å². The lowest BCUT2D eigenvalue weighted by Crippen LogP contribution is -2.15. The zero-order valence-electron chi connectivity index (χ0n) is 30.7. The van der Waals surface area contributed by atoms with Gasteiger partial charge in [-0.25, -0.2) is 9.97 Å². The number of fused-ring (bicyclic) bond motifs is 7. The van der Waals surface area contributed by atoms with Crippen LogP contribution in [0, 0.1) is 0 Å².